The summed E-state index contributed by atoms with van der Waals surface area (Å²) in [7, 11) is 1.58. The van der Waals surface area contributed by atoms with E-state index in [0.29, 0.717) is 43.0 Å². The molecule has 8 nitrogen and oxygen atoms in total. The molecule has 2 aliphatic heterocycles. The monoisotopic (exact) mass is 461 g/mol. The fourth-order valence-corrected chi connectivity index (χ4v) is 5.36. The van der Waals surface area contributed by atoms with Gasteiger partial charge in [0.1, 0.15) is 11.4 Å². The molecule has 1 N–H and O–H groups in total. The van der Waals surface area contributed by atoms with E-state index in [9.17, 15) is 14.4 Å². The molecule has 2 aromatic rings. The average Bonchev–Trinajstić information content (AvgIpc) is 3.42. The van der Waals surface area contributed by atoms with Crippen LogP contribution in [0.4, 0.5) is 0 Å². The number of hydrogen-bond donors (Lipinski definition) is 1. The van der Waals surface area contributed by atoms with E-state index in [1.54, 1.807) is 13.1 Å². The second-order valence-electron chi connectivity index (χ2n) is 10.8. The number of likely N-dealkylation sites (tertiary alicyclic amines) is 1. The van der Waals surface area contributed by atoms with Crippen molar-refractivity contribution in [2.75, 3.05) is 20.1 Å². The van der Waals surface area contributed by atoms with Gasteiger partial charge in [-0.3, -0.25) is 24.1 Å². The summed E-state index contributed by atoms with van der Waals surface area (Å²) >= 11 is 0. The van der Waals surface area contributed by atoms with Crippen LogP contribution in [0.15, 0.2) is 29.4 Å². The predicted molar refractivity (Wildman–Crippen MR) is 128 cm³/mol. The first-order valence-corrected chi connectivity index (χ1v) is 11.9. The predicted octanol–water partition coefficient (Wildman–Crippen LogP) is 2.74. The van der Waals surface area contributed by atoms with E-state index in [4.69, 9.17) is 0 Å². The van der Waals surface area contributed by atoms with Gasteiger partial charge in [-0.25, -0.2) is 0 Å². The Bertz CT molecular complexity index is 1230. The lowest BCUT2D eigenvalue weighted by Gasteiger charge is -2.43. The molecule has 34 heavy (non-hydrogen) atoms. The number of hydrogen-bond acceptors (Lipinski definition) is 5. The number of carbonyl (C=O) groups is 3. The minimum absolute atomic E-state index is 0.0378. The molecule has 178 valence electrons. The van der Waals surface area contributed by atoms with E-state index >= 15 is 0 Å². The second kappa shape index (κ2) is 7.89. The lowest BCUT2D eigenvalue weighted by molar-refractivity contribution is -0.114. The Morgan fingerprint density at radius 2 is 1.82 bits per heavy atom. The van der Waals surface area contributed by atoms with Gasteiger partial charge in [0.05, 0.1) is 12.1 Å². The van der Waals surface area contributed by atoms with Crippen molar-refractivity contribution >= 4 is 23.3 Å². The van der Waals surface area contributed by atoms with Crippen LogP contribution in [-0.2, 0) is 23.3 Å². The summed E-state index contributed by atoms with van der Waals surface area (Å²) in [6, 6.07) is 5.51. The molecule has 1 saturated heterocycles. The highest BCUT2D eigenvalue weighted by Gasteiger charge is 2.43. The van der Waals surface area contributed by atoms with Crippen molar-refractivity contribution in [2.45, 2.75) is 58.5 Å². The van der Waals surface area contributed by atoms with Crippen LogP contribution in [0.25, 0.3) is 0 Å². The summed E-state index contributed by atoms with van der Waals surface area (Å²) in [6.07, 6.45) is 4.94. The maximum absolute atomic E-state index is 13.3. The molecule has 8 heteroatoms. The fraction of sp³-hybridized carbons (Fsp3) is 0.500. The highest BCUT2D eigenvalue weighted by molar-refractivity contribution is 6.46. The van der Waals surface area contributed by atoms with Crippen molar-refractivity contribution < 1.29 is 14.4 Å². The standard InChI is InChI=1S/C26H31N5O3/c1-25(2,3)31-15-18-12-26(13-20(32)21(18)29-31)7-9-30(10-8-26)24(34)16-5-6-17-14-28-22(19(17)11-16)23(33)27-4/h5-6,11,15H,7-10,12-14H2,1-4H3,(H,27,33). The van der Waals surface area contributed by atoms with Crippen LogP contribution < -0.4 is 5.32 Å². The summed E-state index contributed by atoms with van der Waals surface area (Å²) in [5, 5.41) is 7.20. The first-order valence-electron chi connectivity index (χ1n) is 11.9. The van der Waals surface area contributed by atoms with Gasteiger partial charge in [-0.2, -0.15) is 5.10 Å². The SMILES string of the molecule is CNC(=O)C1=NCc2ccc(C(=O)N3CCC4(CC3)CC(=O)c3nn(C(C)(C)C)cc3C4)cc21. The third-order valence-corrected chi connectivity index (χ3v) is 7.42. The second-order valence-corrected chi connectivity index (χ2v) is 10.8. The number of piperidine rings is 1. The topological polar surface area (TPSA) is 96.7 Å². The smallest absolute Gasteiger partial charge is 0.269 e. The minimum Gasteiger partial charge on any atom is -0.354 e. The molecular weight excluding hydrogens is 430 g/mol. The molecule has 1 aromatic heterocycles. The molecule has 0 saturated carbocycles. The first-order chi connectivity index (χ1) is 16.1. The van der Waals surface area contributed by atoms with Crippen molar-refractivity contribution in [1.82, 2.24) is 20.0 Å². The van der Waals surface area contributed by atoms with Gasteiger partial charge in [0.15, 0.2) is 5.78 Å². The molecule has 0 atom stereocenters. The van der Waals surface area contributed by atoms with Crippen LogP contribution in [0.2, 0.25) is 0 Å². The van der Waals surface area contributed by atoms with Gasteiger partial charge in [-0.05, 0) is 63.1 Å². The molecule has 3 heterocycles. The Kier molecular flexibility index (Phi) is 5.22. The van der Waals surface area contributed by atoms with E-state index in [1.807, 2.05) is 27.9 Å². The van der Waals surface area contributed by atoms with Crippen LogP contribution in [0.5, 0.6) is 0 Å². The normalized spacial score (nSPS) is 19.0. The Labute approximate surface area is 199 Å². The molecule has 3 aliphatic rings. The number of Topliss-reactive ketones (excluding diaryl/α,β-unsaturated/α-hetero) is 1. The maximum Gasteiger partial charge on any atom is 0.269 e. The molecular formula is C26H31N5O3. The van der Waals surface area contributed by atoms with Crippen LogP contribution in [-0.4, -0.2) is 58.1 Å². The van der Waals surface area contributed by atoms with Gasteiger partial charge in [0.2, 0.25) is 0 Å². The van der Waals surface area contributed by atoms with Crippen molar-refractivity contribution in [2.24, 2.45) is 10.4 Å². The minimum atomic E-state index is -0.237. The Morgan fingerprint density at radius 1 is 1.09 bits per heavy atom. The molecule has 0 unspecified atom stereocenters. The number of ketones is 1. The van der Waals surface area contributed by atoms with Gasteiger partial charge >= 0.3 is 0 Å². The number of likely N-dealkylation sites (N-methyl/N-ethyl adjacent to an activating group) is 1. The highest BCUT2D eigenvalue weighted by Crippen LogP contribution is 2.43. The molecule has 0 radical (unpaired) electrons. The molecule has 5 rings (SSSR count). The maximum atomic E-state index is 13.3. The third-order valence-electron chi connectivity index (χ3n) is 7.42. The number of fused-ring (bicyclic) bond motifs is 2. The van der Waals surface area contributed by atoms with E-state index in [-0.39, 0.29) is 28.6 Å². The van der Waals surface area contributed by atoms with E-state index in [0.717, 1.165) is 36.0 Å². The number of rotatable bonds is 2. The van der Waals surface area contributed by atoms with Gasteiger partial charge in [-0.15, -0.1) is 0 Å². The molecule has 1 aromatic carbocycles. The Hall–Kier alpha value is -3.29. The average molecular weight is 462 g/mol. The van der Waals surface area contributed by atoms with Gasteiger partial charge in [-0.1, -0.05) is 6.07 Å². The summed E-state index contributed by atoms with van der Waals surface area (Å²) in [6.45, 7) is 7.93. The lowest BCUT2D eigenvalue weighted by atomic mass is 9.67. The Balaban J connectivity index is 1.30. The van der Waals surface area contributed by atoms with Crippen molar-refractivity contribution in [1.29, 1.82) is 0 Å². The van der Waals surface area contributed by atoms with Crippen molar-refractivity contribution in [3.05, 3.63) is 52.3 Å². The Morgan fingerprint density at radius 3 is 2.50 bits per heavy atom. The zero-order valence-electron chi connectivity index (χ0n) is 20.3. The quantitative estimate of drug-likeness (QED) is 0.744. The summed E-state index contributed by atoms with van der Waals surface area (Å²) in [4.78, 5) is 44.6. The van der Waals surface area contributed by atoms with E-state index < -0.39 is 0 Å². The third kappa shape index (κ3) is 3.75. The summed E-state index contributed by atoms with van der Waals surface area (Å²) < 4.78 is 1.90. The number of aliphatic imine (C=N–C) groups is 1. The van der Waals surface area contributed by atoms with Crippen LogP contribution in [0.3, 0.4) is 0 Å². The number of amides is 2. The largest absolute Gasteiger partial charge is 0.354 e. The van der Waals surface area contributed by atoms with Gasteiger partial charge in [0.25, 0.3) is 11.8 Å². The van der Waals surface area contributed by atoms with Gasteiger partial charge in [0, 0.05) is 49.4 Å². The van der Waals surface area contributed by atoms with Crippen molar-refractivity contribution in [3.63, 3.8) is 0 Å². The van der Waals surface area contributed by atoms with Crippen molar-refractivity contribution in [3.8, 4) is 0 Å². The number of carbonyl (C=O) groups excluding carboxylic acids is 3. The molecule has 0 bridgehead atoms. The van der Waals surface area contributed by atoms with Gasteiger partial charge < -0.3 is 10.2 Å². The van der Waals surface area contributed by atoms with E-state index in [2.05, 4.69) is 36.2 Å². The van der Waals surface area contributed by atoms with E-state index in [1.165, 1.54) is 0 Å². The first kappa shape index (κ1) is 22.5. The fourth-order valence-electron chi connectivity index (χ4n) is 5.36. The zero-order chi connectivity index (χ0) is 24.3. The van der Waals surface area contributed by atoms with Crippen LogP contribution in [0.1, 0.15) is 77.6 Å². The molecule has 1 aliphatic carbocycles. The van der Waals surface area contributed by atoms with Crippen LogP contribution >= 0.6 is 0 Å². The zero-order valence-corrected chi connectivity index (χ0v) is 20.3. The number of nitrogens with zero attached hydrogens (tertiary/aromatic N) is 4. The number of nitrogens with one attached hydrogen (secondary N) is 1. The molecule has 2 amide bonds. The number of benzene rings is 1. The molecule has 1 spiro atoms. The number of aromatic nitrogens is 2. The molecule has 1 fully saturated rings. The summed E-state index contributed by atoms with van der Waals surface area (Å²) in [5.41, 5.74) is 4.03. The highest BCUT2D eigenvalue weighted by atomic mass is 16.2. The van der Waals surface area contributed by atoms with Crippen LogP contribution in [0, 0.1) is 5.41 Å². The lowest BCUT2D eigenvalue weighted by Crippen LogP contribution is -2.46. The summed E-state index contributed by atoms with van der Waals surface area (Å²) in [5.74, 6) is -0.160.